The summed E-state index contributed by atoms with van der Waals surface area (Å²) < 4.78 is 31.2. The van der Waals surface area contributed by atoms with Crippen LogP contribution in [0.15, 0.2) is 15.4 Å². The Balaban J connectivity index is 1.80. The first-order valence-electron chi connectivity index (χ1n) is 8.26. The molecule has 3 rings (SSSR count). The molecule has 0 aromatic carbocycles. The van der Waals surface area contributed by atoms with Gasteiger partial charge in [0.05, 0.1) is 0 Å². The Morgan fingerprint density at radius 3 is 2.33 bits per heavy atom. The van der Waals surface area contributed by atoms with Gasteiger partial charge in [0.2, 0.25) is 10.0 Å². The van der Waals surface area contributed by atoms with Gasteiger partial charge in [0.25, 0.3) is 5.91 Å². The quantitative estimate of drug-likeness (QED) is 0.877. The molecule has 1 amide bonds. The van der Waals surface area contributed by atoms with Gasteiger partial charge in [0, 0.05) is 45.3 Å². The molecule has 2 unspecified atom stereocenters. The highest BCUT2D eigenvalue weighted by atomic mass is 32.2. The van der Waals surface area contributed by atoms with Gasteiger partial charge < -0.3 is 14.6 Å². The van der Waals surface area contributed by atoms with Gasteiger partial charge in [-0.3, -0.25) is 4.79 Å². The molecule has 8 heteroatoms. The van der Waals surface area contributed by atoms with Gasteiger partial charge in [0.1, 0.15) is 10.7 Å². The molecule has 2 bridgehead atoms. The Labute approximate surface area is 143 Å². The van der Waals surface area contributed by atoms with E-state index in [1.807, 2.05) is 0 Å². The van der Waals surface area contributed by atoms with E-state index >= 15 is 0 Å². The summed E-state index contributed by atoms with van der Waals surface area (Å²) in [4.78, 5) is 14.5. The van der Waals surface area contributed by atoms with Crippen LogP contribution in [-0.4, -0.2) is 62.8 Å². The highest BCUT2D eigenvalue weighted by molar-refractivity contribution is 7.89. The molecule has 0 saturated carbocycles. The first kappa shape index (κ1) is 17.4. The topological polar surface area (TPSA) is 82.9 Å². The lowest BCUT2D eigenvalue weighted by Crippen LogP contribution is -2.48. The number of furan rings is 1. The summed E-state index contributed by atoms with van der Waals surface area (Å²) in [5.41, 5.74) is 0. The molecule has 1 N–H and O–H groups in total. The summed E-state index contributed by atoms with van der Waals surface area (Å²) in [7, 11) is 1.07. The number of rotatable bonds is 4. The zero-order chi connectivity index (χ0) is 17.6. The minimum Gasteiger partial charge on any atom is -0.455 e. The lowest BCUT2D eigenvalue weighted by molar-refractivity contribution is 0.0648. The third kappa shape index (κ3) is 2.98. The molecule has 2 fully saturated rings. The van der Waals surface area contributed by atoms with Gasteiger partial charge in [-0.25, -0.2) is 12.7 Å². The van der Waals surface area contributed by atoms with E-state index in [9.17, 15) is 13.2 Å². The van der Waals surface area contributed by atoms with E-state index in [0.717, 1.165) is 30.0 Å². The van der Waals surface area contributed by atoms with Crippen LogP contribution in [0.1, 0.15) is 42.0 Å². The second kappa shape index (κ2) is 6.16. The van der Waals surface area contributed by atoms with Gasteiger partial charge in [-0.2, -0.15) is 0 Å². The van der Waals surface area contributed by atoms with Crippen molar-refractivity contribution in [2.75, 3.05) is 21.1 Å². The Bertz CT molecular complexity index is 729. The SMILES string of the molecule is Cc1oc(C(=O)N(C)C2CC3CCC(C2)N3)cc1S(=O)(=O)N(C)C. The summed E-state index contributed by atoms with van der Waals surface area (Å²) >= 11 is 0. The van der Waals surface area contributed by atoms with E-state index < -0.39 is 10.0 Å². The fourth-order valence-corrected chi connectivity index (χ4v) is 4.76. The smallest absolute Gasteiger partial charge is 0.289 e. The molecule has 0 aliphatic carbocycles. The van der Waals surface area contributed by atoms with Crippen LogP contribution in [0.2, 0.25) is 0 Å². The lowest BCUT2D eigenvalue weighted by Gasteiger charge is -2.35. The number of aryl methyl sites for hydroxylation is 1. The summed E-state index contributed by atoms with van der Waals surface area (Å²) in [5.74, 6) is 0.0664. The van der Waals surface area contributed by atoms with Gasteiger partial charge >= 0.3 is 0 Å². The Morgan fingerprint density at radius 1 is 1.21 bits per heavy atom. The maximum Gasteiger partial charge on any atom is 0.289 e. The van der Waals surface area contributed by atoms with Crippen LogP contribution in [0.25, 0.3) is 0 Å². The van der Waals surface area contributed by atoms with Crippen LogP contribution in [0.5, 0.6) is 0 Å². The standard InChI is InChI=1S/C16H25N3O4S/c1-10-15(24(21,22)18(2)3)9-14(23-10)16(20)19(4)13-7-11-5-6-12(8-13)17-11/h9,11-13,17H,5-8H2,1-4H3. The van der Waals surface area contributed by atoms with Crippen molar-refractivity contribution in [1.82, 2.24) is 14.5 Å². The van der Waals surface area contributed by atoms with Crippen LogP contribution < -0.4 is 5.32 Å². The highest BCUT2D eigenvalue weighted by Gasteiger charge is 2.37. The van der Waals surface area contributed by atoms with Gasteiger partial charge in [-0.05, 0) is 32.6 Å². The zero-order valence-corrected chi connectivity index (χ0v) is 15.4. The van der Waals surface area contributed by atoms with Crippen molar-refractivity contribution in [1.29, 1.82) is 0 Å². The Kier molecular flexibility index (Phi) is 4.48. The van der Waals surface area contributed by atoms with Gasteiger partial charge in [0.15, 0.2) is 5.76 Å². The number of nitrogens with one attached hydrogen (secondary N) is 1. The Morgan fingerprint density at radius 2 is 1.79 bits per heavy atom. The van der Waals surface area contributed by atoms with Crippen molar-refractivity contribution in [3.05, 3.63) is 17.6 Å². The average molecular weight is 355 g/mol. The predicted molar refractivity (Wildman–Crippen MR) is 89.4 cm³/mol. The maximum atomic E-state index is 12.7. The van der Waals surface area contributed by atoms with Crippen LogP contribution in [0.4, 0.5) is 0 Å². The molecule has 7 nitrogen and oxygen atoms in total. The number of fused-ring (bicyclic) bond motifs is 2. The predicted octanol–water partition coefficient (Wildman–Crippen LogP) is 1.19. The third-order valence-corrected chi connectivity index (χ3v) is 7.08. The molecule has 134 valence electrons. The minimum absolute atomic E-state index is 0.0506. The highest BCUT2D eigenvalue weighted by Crippen LogP contribution is 2.30. The van der Waals surface area contributed by atoms with Crippen LogP contribution in [0, 0.1) is 6.92 Å². The van der Waals surface area contributed by atoms with E-state index in [1.165, 1.54) is 20.2 Å². The largest absolute Gasteiger partial charge is 0.455 e. The van der Waals surface area contributed by atoms with E-state index in [-0.39, 0.29) is 28.4 Å². The van der Waals surface area contributed by atoms with Gasteiger partial charge in [-0.15, -0.1) is 0 Å². The monoisotopic (exact) mass is 355 g/mol. The fourth-order valence-electron chi connectivity index (χ4n) is 3.71. The molecule has 0 spiro atoms. The molecule has 1 aromatic heterocycles. The molecule has 2 aliphatic rings. The number of piperidine rings is 1. The van der Waals surface area contributed by atoms with Crippen LogP contribution >= 0.6 is 0 Å². The molecular formula is C16H25N3O4S. The van der Waals surface area contributed by atoms with Crippen LogP contribution in [0.3, 0.4) is 0 Å². The van der Waals surface area contributed by atoms with Crippen molar-refractivity contribution >= 4 is 15.9 Å². The first-order valence-corrected chi connectivity index (χ1v) is 9.70. The van der Waals surface area contributed by atoms with Gasteiger partial charge in [-0.1, -0.05) is 0 Å². The molecule has 3 heterocycles. The molecule has 0 radical (unpaired) electrons. The molecule has 24 heavy (non-hydrogen) atoms. The number of carbonyl (C=O) groups is 1. The third-order valence-electron chi connectivity index (χ3n) is 5.16. The summed E-state index contributed by atoms with van der Waals surface area (Å²) in [5, 5.41) is 3.55. The van der Waals surface area contributed by atoms with Crippen molar-refractivity contribution in [3.8, 4) is 0 Å². The normalized spacial score (nSPS) is 26.8. The molecule has 2 atom stereocenters. The molecule has 2 aliphatic heterocycles. The van der Waals surface area contributed by atoms with Crippen LogP contribution in [-0.2, 0) is 10.0 Å². The second-order valence-corrected chi connectivity index (χ2v) is 9.12. The maximum absolute atomic E-state index is 12.7. The summed E-state index contributed by atoms with van der Waals surface area (Å²) in [6, 6.07) is 2.47. The van der Waals surface area contributed by atoms with E-state index in [0.29, 0.717) is 12.1 Å². The number of hydrogen-bond acceptors (Lipinski definition) is 5. The average Bonchev–Trinajstić information content (AvgIpc) is 3.08. The van der Waals surface area contributed by atoms with E-state index in [2.05, 4.69) is 5.32 Å². The number of sulfonamides is 1. The van der Waals surface area contributed by atoms with Crippen molar-refractivity contribution in [3.63, 3.8) is 0 Å². The summed E-state index contributed by atoms with van der Waals surface area (Å²) in [6.45, 7) is 1.57. The number of amides is 1. The number of carbonyl (C=O) groups excluding carboxylic acids is 1. The zero-order valence-electron chi connectivity index (χ0n) is 14.6. The first-order chi connectivity index (χ1) is 11.2. The van der Waals surface area contributed by atoms with E-state index in [4.69, 9.17) is 4.42 Å². The van der Waals surface area contributed by atoms with Crippen molar-refractivity contribution in [2.24, 2.45) is 0 Å². The van der Waals surface area contributed by atoms with Crippen molar-refractivity contribution in [2.45, 2.75) is 55.6 Å². The fraction of sp³-hybridized carbons (Fsp3) is 0.688. The number of hydrogen-bond donors (Lipinski definition) is 1. The molecule has 1 aromatic rings. The minimum atomic E-state index is -3.62. The molecule has 2 saturated heterocycles. The van der Waals surface area contributed by atoms with Crippen molar-refractivity contribution < 1.29 is 17.6 Å². The van der Waals surface area contributed by atoms with E-state index in [1.54, 1.807) is 18.9 Å². The number of nitrogens with zero attached hydrogens (tertiary/aromatic N) is 2. The molecular weight excluding hydrogens is 330 g/mol. The Hall–Kier alpha value is -1.38. The lowest BCUT2D eigenvalue weighted by atomic mass is 9.98. The summed E-state index contributed by atoms with van der Waals surface area (Å²) in [6.07, 6.45) is 4.19. The second-order valence-electron chi connectivity index (χ2n) is 7.00.